The van der Waals surface area contributed by atoms with Crippen molar-refractivity contribution >= 4 is 21.9 Å². The van der Waals surface area contributed by atoms with Crippen LogP contribution >= 0.6 is 0 Å². The fraction of sp³-hybridized carbons (Fsp3) is 0.0667. The van der Waals surface area contributed by atoms with Crippen LogP contribution in [0.15, 0.2) is 162 Å². The van der Waals surface area contributed by atoms with Crippen LogP contribution in [-0.2, 0) is 5.41 Å². The molecule has 218 valence electrons. The SMILES string of the molecule is CC1(C)c2cc(-c3cc(-c4ccccc4)cc(-c4ccccc4)c3)ccc2-c2ccc(-c3ccc4oc5ccccc5c4c3)cc21. The summed E-state index contributed by atoms with van der Waals surface area (Å²) < 4.78 is 6.11. The van der Waals surface area contributed by atoms with Crippen LogP contribution in [0, 0.1) is 0 Å². The Kier molecular flexibility index (Phi) is 5.92. The lowest BCUT2D eigenvalue weighted by Crippen LogP contribution is -2.15. The zero-order valence-corrected chi connectivity index (χ0v) is 25.9. The van der Waals surface area contributed by atoms with Crippen molar-refractivity contribution in [3.8, 4) is 55.6 Å². The van der Waals surface area contributed by atoms with Gasteiger partial charge in [0.1, 0.15) is 11.2 Å². The molecule has 1 heteroatoms. The summed E-state index contributed by atoms with van der Waals surface area (Å²) in [4.78, 5) is 0. The summed E-state index contributed by atoms with van der Waals surface area (Å²) in [6, 6.07) is 57.3. The molecule has 1 aromatic heterocycles. The Hall–Kier alpha value is -5.66. The maximum atomic E-state index is 6.11. The number of para-hydroxylation sites is 1. The highest BCUT2D eigenvalue weighted by Gasteiger charge is 2.36. The van der Waals surface area contributed by atoms with E-state index in [4.69, 9.17) is 4.42 Å². The summed E-state index contributed by atoms with van der Waals surface area (Å²) in [7, 11) is 0. The van der Waals surface area contributed by atoms with E-state index in [1.54, 1.807) is 0 Å². The van der Waals surface area contributed by atoms with Crippen molar-refractivity contribution in [3.05, 3.63) is 169 Å². The second-order valence-corrected chi connectivity index (χ2v) is 13.0. The maximum absolute atomic E-state index is 6.11. The standard InChI is InChI=1S/C45H32O/c1-45(2)41-27-32(31-19-22-44-40(26-31)39-15-9-10-16-43(39)46-44)17-20-37(41)38-21-18-33(28-42(38)45)36-24-34(29-11-5-3-6-12-29)23-35(25-36)30-13-7-4-8-14-30/h3-28H,1-2H3. The highest BCUT2D eigenvalue weighted by Crippen LogP contribution is 2.51. The molecule has 0 unspecified atom stereocenters. The molecular formula is C45H32O. The average Bonchev–Trinajstić information content (AvgIpc) is 3.60. The fourth-order valence-corrected chi connectivity index (χ4v) is 7.39. The molecule has 0 saturated carbocycles. The minimum Gasteiger partial charge on any atom is -0.456 e. The number of fused-ring (bicyclic) bond motifs is 6. The predicted molar refractivity (Wildman–Crippen MR) is 193 cm³/mol. The third-order valence-electron chi connectivity index (χ3n) is 9.87. The molecule has 0 spiro atoms. The van der Waals surface area contributed by atoms with Gasteiger partial charge in [-0.25, -0.2) is 0 Å². The van der Waals surface area contributed by atoms with Crippen molar-refractivity contribution in [3.63, 3.8) is 0 Å². The Morgan fingerprint density at radius 2 is 0.804 bits per heavy atom. The van der Waals surface area contributed by atoms with E-state index in [1.807, 2.05) is 12.1 Å². The van der Waals surface area contributed by atoms with Crippen LogP contribution in [0.1, 0.15) is 25.0 Å². The Bertz CT molecular complexity index is 2370. The first-order valence-corrected chi connectivity index (χ1v) is 16.0. The van der Waals surface area contributed by atoms with Gasteiger partial charge in [0, 0.05) is 16.2 Å². The minimum atomic E-state index is -0.136. The van der Waals surface area contributed by atoms with Crippen molar-refractivity contribution < 1.29 is 4.42 Å². The molecule has 7 aromatic carbocycles. The maximum Gasteiger partial charge on any atom is 0.135 e. The number of furan rings is 1. The lowest BCUT2D eigenvalue weighted by Gasteiger charge is -2.23. The van der Waals surface area contributed by atoms with Crippen LogP contribution < -0.4 is 0 Å². The van der Waals surface area contributed by atoms with Gasteiger partial charge in [-0.2, -0.15) is 0 Å². The zero-order chi connectivity index (χ0) is 30.8. The van der Waals surface area contributed by atoms with E-state index in [0.29, 0.717) is 0 Å². The molecule has 0 atom stereocenters. The summed E-state index contributed by atoms with van der Waals surface area (Å²) in [6.07, 6.45) is 0. The van der Waals surface area contributed by atoms with Crippen molar-refractivity contribution in [2.24, 2.45) is 0 Å². The van der Waals surface area contributed by atoms with Crippen LogP contribution in [0.3, 0.4) is 0 Å². The highest BCUT2D eigenvalue weighted by atomic mass is 16.3. The van der Waals surface area contributed by atoms with E-state index in [-0.39, 0.29) is 5.41 Å². The van der Waals surface area contributed by atoms with Gasteiger partial charge in [0.2, 0.25) is 0 Å². The summed E-state index contributed by atoms with van der Waals surface area (Å²) in [6.45, 7) is 4.74. The Morgan fingerprint density at radius 1 is 0.348 bits per heavy atom. The van der Waals surface area contributed by atoms with Gasteiger partial charge in [-0.15, -0.1) is 0 Å². The number of hydrogen-bond acceptors (Lipinski definition) is 1. The molecule has 1 heterocycles. The molecule has 0 aliphatic heterocycles. The molecule has 9 rings (SSSR count). The Morgan fingerprint density at radius 3 is 1.41 bits per heavy atom. The van der Waals surface area contributed by atoms with Gasteiger partial charge < -0.3 is 4.42 Å². The van der Waals surface area contributed by atoms with Crippen molar-refractivity contribution in [1.29, 1.82) is 0 Å². The smallest absolute Gasteiger partial charge is 0.135 e. The van der Waals surface area contributed by atoms with Gasteiger partial charge in [-0.05, 0) is 115 Å². The first kappa shape index (κ1) is 26.7. The first-order chi connectivity index (χ1) is 22.5. The van der Waals surface area contributed by atoms with Gasteiger partial charge in [-0.3, -0.25) is 0 Å². The Balaban J connectivity index is 1.14. The van der Waals surface area contributed by atoms with E-state index < -0.39 is 0 Å². The molecule has 1 aliphatic carbocycles. The number of rotatable bonds is 4. The summed E-state index contributed by atoms with van der Waals surface area (Å²) in [5.41, 5.74) is 17.0. The monoisotopic (exact) mass is 588 g/mol. The molecule has 1 nitrogen and oxygen atoms in total. The molecule has 1 aliphatic rings. The molecule has 0 saturated heterocycles. The van der Waals surface area contributed by atoms with E-state index in [0.717, 1.165) is 21.9 Å². The molecule has 46 heavy (non-hydrogen) atoms. The van der Waals surface area contributed by atoms with E-state index in [9.17, 15) is 0 Å². The average molecular weight is 589 g/mol. The Labute approximate surface area is 269 Å². The molecule has 0 bridgehead atoms. The van der Waals surface area contributed by atoms with Crippen molar-refractivity contribution in [1.82, 2.24) is 0 Å². The van der Waals surface area contributed by atoms with Gasteiger partial charge in [0.05, 0.1) is 0 Å². The minimum absolute atomic E-state index is 0.136. The quantitative estimate of drug-likeness (QED) is 0.199. The van der Waals surface area contributed by atoms with Crippen LogP contribution in [0.4, 0.5) is 0 Å². The normalized spacial score (nSPS) is 13.2. The van der Waals surface area contributed by atoms with Crippen LogP contribution in [-0.4, -0.2) is 0 Å². The van der Waals surface area contributed by atoms with Gasteiger partial charge in [-0.1, -0.05) is 123 Å². The third-order valence-corrected chi connectivity index (χ3v) is 9.87. The van der Waals surface area contributed by atoms with Gasteiger partial charge in [0.15, 0.2) is 0 Å². The summed E-state index contributed by atoms with van der Waals surface area (Å²) in [5, 5.41) is 2.32. The van der Waals surface area contributed by atoms with Crippen molar-refractivity contribution in [2.75, 3.05) is 0 Å². The lowest BCUT2D eigenvalue weighted by atomic mass is 9.80. The molecule has 8 aromatic rings. The highest BCUT2D eigenvalue weighted by molar-refractivity contribution is 6.06. The molecule has 0 N–H and O–H groups in total. The molecular weight excluding hydrogens is 556 g/mol. The van der Waals surface area contributed by atoms with E-state index >= 15 is 0 Å². The summed E-state index contributed by atoms with van der Waals surface area (Å²) in [5.74, 6) is 0. The van der Waals surface area contributed by atoms with Gasteiger partial charge in [0.25, 0.3) is 0 Å². The molecule has 0 radical (unpaired) electrons. The zero-order valence-electron chi connectivity index (χ0n) is 25.9. The second kappa shape index (κ2) is 10.2. The largest absolute Gasteiger partial charge is 0.456 e. The molecule has 0 amide bonds. The van der Waals surface area contributed by atoms with Gasteiger partial charge >= 0.3 is 0 Å². The summed E-state index contributed by atoms with van der Waals surface area (Å²) >= 11 is 0. The number of hydrogen-bond donors (Lipinski definition) is 0. The molecule has 0 fully saturated rings. The van der Waals surface area contributed by atoms with Crippen molar-refractivity contribution in [2.45, 2.75) is 19.3 Å². The van der Waals surface area contributed by atoms with Crippen LogP contribution in [0.5, 0.6) is 0 Å². The first-order valence-electron chi connectivity index (χ1n) is 16.0. The lowest BCUT2D eigenvalue weighted by molar-refractivity contribution is 0.661. The predicted octanol–water partition coefficient (Wildman–Crippen LogP) is 12.6. The number of benzene rings is 7. The van der Waals surface area contributed by atoms with E-state index in [2.05, 4.69) is 159 Å². The fourth-order valence-electron chi connectivity index (χ4n) is 7.39. The van der Waals surface area contributed by atoms with Crippen LogP contribution in [0.25, 0.3) is 77.6 Å². The van der Waals surface area contributed by atoms with Crippen LogP contribution in [0.2, 0.25) is 0 Å². The topological polar surface area (TPSA) is 13.1 Å². The third kappa shape index (κ3) is 4.24. The second-order valence-electron chi connectivity index (χ2n) is 13.0. The van der Waals surface area contributed by atoms with E-state index in [1.165, 1.54) is 66.8 Å².